The van der Waals surface area contributed by atoms with Gasteiger partial charge < -0.3 is 10.0 Å². The largest absolute Gasteiger partial charge is 0.488 e. The third kappa shape index (κ3) is 2.87. The summed E-state index contributed by atoms with van der Waals surface area (Å²) in [5.74, 6) is 0. The first kappa shape index (κ1) is 9.72. The lowest BCUT2D eigenvalue weighted by atomic mass is 9.80. The van der Waals surface area contributed by atoms with E-state index >= 15 is 0 Å². The summed E-state index contributed by atoms with van der Waals surface area (Å²) >= 11 is 0. The fraction of sp³-hybridized carbons (Fsp3) is 0. The summed E-state index contributed by atoms with van der Waals surface area (Å²) in [6.07, 6.45) is 1.35. The molecule has 0 unspecified atom stereocenters. The maximum Gasteiger partial charge on any atom is 0.488 e. The minimum atomic E-state index is -1.49. The van der Waals surface area contributed by atoms with E-state index in [1.54, 1.807) is 29.9 Å². The molecule has 68 valence electrons. The molecule has 1 aromatic rings. The fourth-order valence-electron chi connectivity index (χ4n) is 0.903. The molecule has 6 heteroatoms. The zero-order valence-corrected chi connectivity index (χ0v) is 6.75. The summed E-state index contributed by atoms with van der Waals surface area (Å²) in [5, 5.41) is 29.2. The van der Waals surface area contributed by atoms with Gasteiger partial charge in [-0.2, -0.15) is 10.7 Å². The van der Waals surface area contributed by atoms with Crippen LogP contribution in [-0.2, 0) is 0 Å². The average molecular weight is 180 g/mol. The van der Waals surface area contributed by atoms with Crippen molar-refractivity contribution in [2.75, 3.05) is 0 Å². The lowest BCUT2D eigenvalue weighted by Crippen LogP contribution is -2.29. The van der Waals surface area contributed by atoms with Crippen molar-refractivity contribution in [1.82, 2.24) is 5.59 Å². The van der Waals surface area contributed by atoms with Gasteiger partial charge in [0.2, 0.25) is 0 Å². The molecule has 0 bridgehead atoms. The Morgan fingerprint density at radius 1 is 1.38 bits per heavy atom. The van der Waals surface area contributed by atoms with Crippen LogP contribution in [0.25, 0.3) is 0 Å². The van der Waals surface area contributed by atoms with Crippen LogP contribution in [0.3, 0.4) is 0 Å². The quantitative estimate of drug-likeness (QED) is 0.264. The van der Waals surface area contributed by atoms with E-state index in [9.17, 15) is 0 Å². The Labute approximate surface area is 75.4 Å². The first-order valence-corrected chi connectivity index (χ1v) is 3.62. The molecule has 0 aliphatic heterocycles. The molecule has 1 rings (SSSR count). The molecule has 0 radical (unpaired) electrons. The maximum absolute atomic E-state index is 8.82. The highest BCUT2D eigenvalue weighted by molar-refractivity contribution is 6.58. The molecule has 0 heterocycles. The Bertz CT molecular complexity index is 304. The van der Waals surface area contributed by atoms with E-state index in [4.69, 9.17) is 15.3 Å². The Kier molecular flexibility index (Phi) is 3.45. The van der Waals surface area contributed by atoms with Gasteiger partial charge in [0.1, 0.15) is 0 Å². The van der Waals surface area contributed by atoms with E-state index in [0.29, 0.717) is 11.0 Å². The van der Waals surface area contributed by atoms with Gasteiger partial charge in [-0.1, -0.05) is 24.3 Å². The van der Waals surface area contributed by atoms with Crippen LogP contribution < -0.4 is 11.1 Å². The van der Waals surface area contributed by atoms with Gasteiger partial charge in [0.15, 0.2) is 0 Å². The number of rotatable bonds is 3. The monoisotopic (exact) mass is 180 g/mol. The predicted molar refractivity (Wildman–Crippen MR) is 48.8 cm³/mol. The standard InChI is InChI=1S/C7H9BN2O3/c11-8(12)7-3-1-2-6(4-7)5-9-10-13/h1-5,10-13H/b9-5+. The highest BCUT2D eigenvalue weighted by Gasteiger charge is 2.09. The summed E-state index contributed by atoms with van der Waals surface area (Å²) in [6.45, 7) is 0. The third-order valence-electron chi connectivity index (χ3n) is 1.48. The number of benzene rings is 1. The number of nitrogens with one attached hydrogen (secondary N) is 1. The summed E-state index contributed by atoms with van der Waals surface area (Å²) in [4.78, 5) is 0. The van der Waals surface area contributed by atoms with Gasteiger partial charge in [-0.25, -0.2) is 0 Å². The fourth-order valence-corrected chi connectivity index (χ4v) is 0.903. The molecule has 0 atom stereocenters. The van der Waals surface area contributed by atoms with E-state index in [0.717, 1.165) is 0 Å². The molecule has 0 amide bonds. The molecule has 0 saturated heterocycles. The number of hydrogen-bond acceptors (Lipinski definition) is 5. The van der Waals surface area contributed by atoms with Crippen molar-refractivity contribution >= 4 is 18.8 Å². The van der Waals surface area contributed by atoms with Crippen LogP contribution in [0, 0.1) is 0 Å². The van der Waals surface area contributed by atoms with E-state index < -0.39 is 7.12 Å². The maximum atomic E-state index is 8.82. The Morgan fingerprint density at radius 2 is 2.15 bits per heavy atom. The molecule has 0 aliphatic rings. The normalized spacial score (nSPS) is 10.4. The van der Waals surface area contributed by atoms with E-state index in [2.05, 4.69) is 5.10 Å². The Hall–Kier alpha value is -1.37. The van der Waals surface area contributed by atoms with Crippen LogP contribution in [0.5, 0.6) is 0 Å². The van der Waals surface area contributed by atoms with Crippen LogP contribution in [0.15, 0.2) is 29.4 Å². The van der Waals surface area contributed by atoms with Crippen molar-refractivity contribution in [3.05, 3.63) is 29.8 Å². The summed E-state index contributed by atoms with van der Waals surface area (Å²) in [5.41, 5.74) is 2.65. The zero-order valence-electron chi connectivity index (χ0n) is 6.75. The first-order chi connectivity index (χ1) is 6.24. The highest BCUT2D eigenvalue weighted by atomic mass is 16.5. The van der Waals surface area contributed by atoms with E-state index in [1.807, 2.05) is 0 Å². The second kappa shape index (κ2) is 4.61. The van der Waals surface area contributed by atoms with Crippen LogP contribution in [0.2, 0.25) is 0 Å². The molecule has 0 aliphatic carbocycles. The Balaban J connectivity index is 2.85. The van der Waals surface area contributed by atoms with Gasteiger partial charge in [-0.3, -0.25) is 5.21 Å². The van der Waals surface area contributed by atoms with E-state index in [1.165, 1.54) is 6.21 Å². The number of hydrazone groups is 1. The van der Waals surface area contributed by atoms with Gasteiger partial charge in [-0.15, -0.1) is 0 Å². The van der Waals surface area contributed by atoms with Crippen molar-refractivity contribution in [3.8, 4) is 0 Å². The number of hydrogen-bond donors (Lipinski definition) is 4. The summed E-state index contributed by atoms with van der Waals surface area (Å²) < 4.78 is 0. The van der Waals surface area contributed by atoms with E-state index in [-0.39, 0.29) is 0 Å². The first-order valence-electron chi connectivity index (χ1n) is 3.62. The Morgan fingerprint density at radius 3 is 2.77 bits per heavy atom. The van der Waals surface area contributed by atoms with Gasteiger partial charge >= 0.3 is 7.12 Å². The molecule has 0 saturated carbocycles. The van der Waals surface area contributed by atoms with Crippen molar-refractivity contribution in [2.24, 2.45) is 5.10 Å². The van der Waals surface area contributed by atoms with Gasteiger partial charge in [-0.05, 0) is 11.0 Å². The molecule has 13 heavy (non-hydrogen) atoms. The minimum absolute atomic E-state index is 0.377. The van der Waals surface area contributed by atoms with Crippen molar-refractivity contribution in [2.45, 2.75) is 0 Å². The average Bonchev–Trinajstić information content (AvgIpc) is 2.15. The molecular formula is C7H9BN2O3. The SMILES string of the molecule is ON/N=C/c1cccc(B(O)O)c1. The van der Waals surface area contributed by atoms with Crippen LogP contribution in [0.4, 0.5) is 0 Å². The van der Waals surface area contributed by atoms with Crippen LogP contribution in [-0.4, -0.2) is 28.6 Å². The lowest BCUT2D eigenvalue weighted by molar-refractivity contribution is 0.173. The summed E-state index contributed by atoms with van der Waals surface area (Å²) in [7, 11) is -1.49. The second-order valence-corrected chi connectivity index (χ2v) is 2.40. The number of nitrogens with zero attached hydrogens (tertiary/aromatic N) is 1. The van der Waals surface area contributed by atoms with Gasteiger partial charge in [0.05, 0.1) is 6.21 Å². The van der Waals surface area contributed by atoms with Crippen molar-refractivity contribution < 1.29 is 15.3 Å². The predicted octanol–water partition coefficient (Wildman–Crippen LogP) is -1.32. The smallest absolute Gasteiger partial charge is 0.423 e. The molecule has 1 aromatic carbocycles. The zero-order chi connectivity index (χ0) is 9.68. The van der Waals surface area contributed by atoms with Crippen LogP contribution in [0.1, 0.15) is 5.56 Å². The summed E-state index contributed by atoms with van der Waals surface area (Å²) in [6, 6.07) is 6.50. The van der Waals surface area contributed by atoms with Crippen molar-refractivity contribution in [1.29, 1.82) is 0 Å². The molecular weight excluding hydrogens is 171 g/mol. The van der Waals surface area contributed by atoms with Gasteiger partial charge in [0, 0.05) is 0 Å². The topological polar surface area (TPSA) is 85.1 Å². The van der Waals surface area contributed by atoms with Crippen molar-refractivity contribution in [3.63, 3.8) is 0 Å². The third-order valence-corrected chi connectivity index (χ3v) is 1.48. The highest BCUT2D eigenvalue weighted by Crippen LogP contribution is 1.92. The molecule has 0 aromatic heterocycles. The van der Waals surface area contributed by atoms with Crippen LogP contribution >= 0.6 is 0 Å². The lowest BCUT2D eigenvalue weighted by Gasteiger charge is -1.99. The van der Waals surface area contributed by atoms with Gasteiger partial charge in [0.25, 0.3) is 0 Å². The molecule has 0 spiro atoms. The molecule has 5 nitrogen and oxygen atoms in total. The molecule has 4 N–H and O–H groups in total. The second-order valence-electron chi connectivity index (χ2n) is 2.40. The minimum Gasteiger partial charge on any atom is -0.423 e. The molecule has 0 fully saturated rings.